The third-order valence-electron chi connectivity index (χ3n) is 5.72. The molecule has 0 atom stereocenters. The minimum atomic E-state index is -0.00525. The first-order valence-corrected chi connectivity index (χ1v) is 10.3. The molecule has 3 rings (SSSR count). The lowest BCUT2D eigenvalue weighted by Gasteiger charge is -2.30. The number of hydrogen-bond acceptors (Lipinski definition) is 2. The van der Waals surface area contributed by atoms with Gasteiger partial charge in [-0.25, -0.2) is 0 Å². The van der Waals surface area contributed by atoms with E-state index in [9.17, 15) is 9.59 Å². The van der Waals surface area contributed by atoms with Crippen molar-refractivity contribution < 1.29 is 9.59 Å². The number of amides is 2. The predicted octanol–water partition coefficient (Wildman–Crippen LogP) is 4.65. The molecule has 1 fully saturated rings. The summed E-state index contributed by atoms with van der Waals surface area (Å²) in [5, 5.41) is 3.03. The smallest absolute Gasteiger partial charge is 0.227 e. The number of hydrogen-bond donors (Lipinski definition) is 1. The number of nitrogens with one attached hydrogen (secondary N) is 1. The van der Waals surface area contributed by atoms with E-state index in [1.54, 1.807) is 0 Å². The molecular weight excluding hydrogens is 348 g/mol. The Morgan fingerprint density at radius 3 is 2.11 bits per heavy atom. The van der Waals surface area contributed by atoms with E-state index >= 15 is 0 Å². The summed E-state index contributed by atoms with van der Waals surface area (Å²) < 4.78 is 0. The fraction of sp³-hybridized carbons (Fsp3) is 0.417. The first-order chi connectivity index (χ1) is 13.6. The molecule has 0 aliphatic heterocycles. The van der Waals surface area contributed by atoms with Gasteiger partial charge in [0.15, 0.2) is 0 Å². The van der Waals surface area contributed by atoms with E-state index in [1.807, 2.05) is 66.5 Å². The molecule has 0 aromatic heterocycles. The van der Waals surface area contributed by atoms with Crippen LogP contribution in [0.3, 0.4) is 0 Å². The lowest BCUT2D eigenvalue weighted by atomic mass is 9.81. The molecule has 0 saturated heterocycles. The fourth-order valence-corrected chi connectivity index (χ4v) is 3.92. The molecule has 1 saturated carbocycles. The van der Waals surface area contributed by atoms with E-state index in [2.05, 4.69) is 12.2 Å². The Kier molecular flexibility index (Phi) is 6.85. The van der Waals surface area contributed by atoms with Gasteiger partial charge in [0.2, 0.25) is 11.8 Å². The SMILES string of the molecule is CCc1ccc(NC(=O)C2CCC(C(=O)N(C)Cc3ccccc3)CC2)cc1. The van der Waals surface area contributed by atoms with Crippen LogP contribution in [0.1, 0.15) is 43.7 Å². The second kappa shape index (κ2) is 9.54. The van der Waals surface area contributed by atoms with Crippen LogP contribution < -0.4 is 5.32 Å². The molecule has 4 nitrogen and oxygen atoms in total. The Morgan fingerprint density at radius 2 is 1.50 bits per heavy atom. The molecule has 2 amide bonds. The lowest BCUT2D eigenvalue weighted by molar-refractivity contribution is -0.137. The molecular formula is C24H30N2O2. The van der Waals surface area contributed by atoms with Crippen molar-refractivity contribution in [1.29, 1.82) is 0 Å². The monoisotopic (exact) mass is 378 g/mol. The molecule has 28 heavy (non-hydrogen) atoms. The topological polar surface area (TPSA) is 49.4 Å². The highest BCUT2D eigenvalue weighted by Crippen LogP contribution is 2.31. The Morgan fingerprint density at radius 1 is 0.893 bits per heavy atom. The minimum Gasteiger partial charge on any atom is -0.341 e. The Labute approximate surface area is 167 Å². The van der Waals surface area contributed by atoms with Crippen molar-refractivity contribution >= 4 is 17.5 Å². The standard InChI is InChI=1S/C24H30N2O2/c1-3-18-9-15-22(16-10-18)25-23(27)20-11-13-21(14-12-20)24(28)26(2)17-19-7-5-4-6-8-19/h4-10,15-16,20-21H,3,11-14,17H2,1-2H3,(H,25,27). The maximum atomic E-state index is 12.8. The maximum absolute atomic E-state index is 12.8. The number of nitrogens with zero attached hydrogens (tertiary/aromatic N) is 1. The van der Waals surface area contributed by atoms with Gasteiger partial charge < -0.3 is 10.2 Å². The number of anilines is 1. The van der Waals surface area contributed by atoms with Crippen LogP contribution in [0.4, 0.5) is 5.69 Å². The molecule has 0 bridgehead atoms. The number of benzene rings is 2. The number of carbonyl (C=O) groups excluding carboxylic acids is 2. The first kappa shape index (κ1) is 20.1. The van der Waals surface area contributed by atoms with Gasteiger partial charge in [0.25, 0.3) is 0 Å². The van der Waals surface area contributed by atoms with Crippen molar-refractivity contribution in [3.8, 4) is 0 Å². The summed E-state index contributed by atoms with van der Waals surface area (Å²) in [6.45, 7) is 2.75. The van der Waals surface area contributed by atoms with Crippen molar-refractivity contribution in [2.45, 2.75) is 45.6 Å². The average Bonchev–Trinajstić information content (AvgIpc) is 2.74. The van der Waals surface area contributed by atoms with E-state index in [4.69, 9.17) is 0 Å². The van der Waals surface area contributed by atoms with Gasteiger partial charge in [0.1, 0.15) is 0 Å². The summed E-state index contributed by atoms with van der Waals surface area (Å²) in [6, 6.07) is 18.1. The van der Waals surface area contributed by atoms with E-state index in [-0.39, 0.29) is 23.7 Å². The second-order valence-electron chi connectivity index (χ2n) is 7.77. The highest BCUT2D eigenvalue weighted by atomic mass is 16.2. The molecule has 0 radical (unpaired) electrons. The third kappa shape index (κ3) is 5.22. The summed E-state index contributed by atoms with van der Waals surface area (Å²) in [5.74, 6) is 0.293. The van der Waals surface area contributed by atoms with Crippen LogP contribution in [0.2, 0.25) is 0 Å². The molecule has 0 unspecified atom stereocenters. The van der Waals surface area contributed by atoms with Crippen LogP contribution in [0.25, 0.3) is 0 Å². The number of aryl methyl sites for hydroxylation is 1. The average molecular weight is 379 g/mol. The van der Waals surface area contributed by atoms with Gasteiger partial charge in [-0.2, -0.15) is 0 Å². The maximum Gasteiger partial charge on any atom is 0.227 e. The largest absolute Gasteiger partial charge is 0.341 e. The van der Waals surface area contributed by atoms with Crippen LogP contribution in [-0.4, -0.2) is 23.8 Å². The highest BCUT2D eigenvalue weighted by molar-refractivity contribution is 5.92. The quantitative estimate of drug-likeness (QED) is 0.795. The van der Waals surface area contributed by atoms with Gasteiger partial charge in [-0.15, -0.1) is 0 Å². The van der Waals surface area contributed by atoms with Gasteiger partial charge in [0.05, 0.1) is 0 Å². The van der Waals surface area contributed by atoms with Crippen molar-refractivity contribution in [2.24, 2.45) is 11.8 Å². The molecule has 1 aliphatic rings. The minimum absolute atomic E-state index is 0.00525. The fourth-order valence-electron chi connectivity index (χ4n) is 3.92. The van der Waals surface area contributed by atoms with E-state index in [0.717, 1.165) is 43.4 Å². The van der Waals surface area contributed by atoms with E-state index < -0.39 is 0 Å². The normalized spacial score (nSPS) is 19.1. The van der Waals surface area contributed by atoms with Gasteiger partial charge >= 0.3 is 0 Å². The summed E-state index contributed by atoms with van der Waals surface area (Å²) in [6.07, 6.45) is 4.10. The molecule has 1 N–H and O–H groups in total. The van der Waals surface area contributed by atoms with Gasteiger partial charge in [-0.3, -0.25) is 9.59 Å². The first-order valence-electron chi connectivity index (χ1n) is 10.3. The number of rotatable bonds is 6. The third-order valence-corrected chi connectivity index (χ3v) is 5.72. The molecule has 0 spiro atoms. The van der Waals surface area contributed by atoms with Crippen LogP contribution in [0.15, 0.2) is 54.6 Å². The van der Waals surface area contributed by atoms with E-state index in [0.29, 0.717) is 6.54 Å². The van der Waals surface area contributed by atoms with Crippen molar-refractivity contribution in [3.63, 3.8) is 0 Å². The molecule has 0 heterocycles. The van der Waals surface area contributed by atoms with Crippen LogP contribution in [0.5, 0.6) is 0 Å². The molecule has 2 aromatic rings. The van der Waals surface area contributed by atoms with Crippen LogP contribution in [-0.2, 0) is 22.6 Å². The lowest BCUT2D eigenvalue weighted by Crippen LogP contribution is -2.36. The van der Waals surface area contributed by atoms with Crippen molar-refractivity contribution in [2.75, 3.05) is 12.4 Å². The Hall–Kier alpha value is -2.62. The van der Waals surface area contributed by atoms with Crippen molar-refractivity contribution in [1.82, 2.24) is 4.90 Å². The number of carbonyl (C=O) groups is 2. The van der Waals surface area contributed by atoms with Gasteiger partial charge in [-0.1, -0.05) is 49.4 Å². The summed E-state index contributed by atoms with van der Waals surface area (Å²) in [4.78, 5) is 27.1. The summed E-state index contributed by atoms with van der Waals surface area (Å²) >= 11 is 0. The molecule has 4 heteroatoms. The highest BCUT2D eigenvalue weighted by Gasteiger charge is 2.31. The van der Waals surface area contributed by atoms with Crippen LogP contribution in [0, 0.1) is 11.8 Å². The molecule has 1 aliphatic carbocycles. The predicted molar refractivity (Wildman–Crippen MR) is 113 cm³/mol. The summed E-state index contributed by atoms with van der Waals surface area (Å²) in [7, 11) is 1.87. The zero-order valence-electron chi connectivity index (χ0n) is 16.9. The zero-order chi connectivity index (χ0) is 19.9. The van der Waals surface area contributed by atoms with E-state index in [1.165, 1.54) is 5.56 Å². The van der Waals surface area contributed by atoms with Crippen molar-refractivity contribution in [3.05, 3.63) is 65.7 Å². The summed E-state index contributed by atoms with van der Waals surface area (Å²) in [5.41, 5.74) is 3.25. The Bertz CT molecular complexity index is 778. The van der Waals surface area contributed by atoms with Gasteiger partial charge in [-0.05, 0) is 55.4 Å². The zero-order valence-corrected chi connectivity index (χ0v) is 16.9. The van der Waals surface area contributed by atoms with Gasteiger partial charge in [0, 0.05) is 31.1 Å². The molecule has 148 valence electrons. The Balaban J connectivity index is 1.47. The van der Waals surface area contributed by atoms with Crippen LogP contribution >= 0.6 is 0 Å². The molecule has 2 aromatic carbocycles. The second-order valence-corrected chi connectivity index (χ2v) is 7.77.